The van der Waals surface area contributed by atoms with Crippen molar-refractivity contribution in [3.05, 3.63) is 47.5 Å². The molecule has 1 unspecified atom stereocenters. The molecule has 2 aromatic rings. The lowest BCUT2D eigenvalue weighted by Crippen LogP contribution is -2.36. The molecule has 6 nitrogen and oxygen atoms in total. The number of nitrogens with zero attached hydrogens (tertiary/aromatic N) is 1. The SMILES string of the molecule is CCOc1cc(C2SCCC(=O)N2Cc2ccc(OC)cc2OC)ccc1OC. The van der Waals surface area contributed by atoms with Gasteiger partial charge in [-0.15, -0.1) is 11.8 Å². The van der Waals surface area contributed by atoms with Gasteiger partial charge in [-0.05, 0) is 36.8 Å². The lowest BCUT2D eigenvalue weighted by atomic mass is 10.1. The highest BCUT2D eigenvalue weighted by molar-refractivity contribution is 7.99. The van der Waals surface area contributed by atoms with Crippen LogP contribution in [0.5, 0.6) is 23.0 Å². The van der Waals surface area contributed by atoms with Crippen molar-refractivity contribution >= 4 is 17.7 Å². The van der Waals surface area contributed by atoms with Crippen molar-refractivity contribution < 1.29 is 23.7 Å². The van der Waals surface area contributed by atoms with E-state index in [1.807, 2.05) is 48.2 Å². The smallest absolute Gasteiger partial charge is 0.224 e. The van der Waals surface area contributed by atoms with E-state index in [4.69, 9.17) is 18.9 Å². The Balaban J connectivity index is 1.92. The molecule has 0 saturated carbocycles. The third-order valence-corrected chi connectivity index (χ3v) is 6.08. The second-order valence-corrected chi connectivity index (χ2v) is 7.70. The molecule has 0 radical (unpaired) electrons. The molecule has 2 aromatic carbocycles. The van der Waals surface area contributed by atoms with Gasteiger partial charge in [-0.2, -0.15) is 0 Å². The largest absolute Gasteiger partial charge is 0.497 e. The second-order valence-electron chi connectivity index (χ2n) is 6.52. The molecule has 1 aliphatic heterocycles. The third-order valence-electron chi connectivity index (χ3n) is 4.80. The quantitative estimate of drug-likeness (QED) is 0.639. The summed E-state index contributed by atoms with van der Waals surface area (Å²) >= 11 is 1.75. The number of hydrogen-bond acceptors (Lipinski definition) is 6. The predicted molar refractivity (Wildman–Crippen MR) is 114 cm³/mol. The fourth-order valence-electron chi connectivity index (χ4n) is 3.35. The van der Waals surface area contributed by atoms with Gasteiger partial charge in [0.25, 0.3) is 0 Å². The van der Waals surface area contributed by atoms with E-state index < -0.39 is 0 Å². The van der Waals surface area contributed by atoms with Crippen LogP contribution in [0.1, 0.15) is 29.8 Å². The summed E-state index contributed by atoms with van der Waals surface area (Å²) in [5, 5.41) is -0.104. The number of benzene rings is 2. The van der Waals surface area contributed by atoms with E-state index >= 15 is 0 Å². The number of methoxy groups -OCH3 is 3. The number of carbonyl (C=O) groups excluding carboxylic acids is 1. The maximum absolute atomic E-state index is 12.8. The molecule has 1 amide bonds. The highest BCUT2D eigenvalue weighted by Crippen LogP contribution is 2.42. The summed E-state index contributed by atoms with van der Waals surface area (Å²) in [6.45, 7) is 2.94. The van der Waals surface area contributed by atoms with Gasteiger partial charge in [0.1, 0.15) is 16.9 Å². The Hall–Kier alpha value is -2.54. The lowest BCUT2D eigenvalue weighted by Gasteiger charge is -2.36. The Kier molecular flexibility index (Phi) is 7.14. The average Bonchev–Trinajstić information content (AvgIpc) is 2.75. The van der Waals surface area contributed by atoms with Crippen LogP contribution >= 0.6 is 11.8 Å². The van der Waals surface area contributed by atoms with Crippen molar-refractivity contribution in [3.63, 3.8) is 0 Å². The Labute approximate surface area is 176 Å². The van der Waals surface area contributed by atoms with Gasteiger partial charge in [0.05, 0.1) is 34.5 Å². The van der Waals surface area contributed by atoms with Gasteiger partial charge in [-0.3, -0.25) is 4.79 Å². The van der Waals surface area contributed by atoms with Crippen molar-refractivity contribution in [2.24, 2.45) is 0 Å². The van der Waals surface area contributed by atoms with E-state index in [2.05, 4.69) is 0 Å². The van der Waals surface area contributed by atoms with Gasteiger partial charge < -0.3 is 23.8 Å². The molecule has 0 bridgehead atoms. The number of amides is 1. The molecule has 0 aromatic heterocycles. The van der Waals surface area contributed by atoms with E-state index in [-0.39, 0.29) is 11.3 Å². The monoisotopic (exact) mass is 417 g/mol. The number of thioether (sulfide) groups is 1. The van der Waals surface area contributed by atoms with Gasteiger partial charge in [0, 0.05) is 23.8 Å². The molecule has 1 aliphatic rings. The molecule has 0 N–H and O–H groups in total. The Morgan fingerprint density at radius 1 is 1.00 bits per heavy atom. The first-order valence-corrected chi connectivity index (χ1v) is 10.6. The maximum Gasteiger partial charge on any atom is 0.224 e. The molecule has 3 rings (SSSR count). The Morgan fingerprint density at radius 3 is 2.48 bits per heavy atom. The standard InChI is InChI=1S/C22H27NO5S/c1-5-28-20-12-15(7-9-18(20)26-3)22-23(21(24)10-11-29-22)14-16-6-8-17(25-2)13-19(16)27-4/h6-9,12-13,22H,5,10-11,14H2,1-4H3. The minimum Gasteiger partial charge on any atom is -0.497 e. The molecule has 7 heteroatoms. The van der Waals surface area contributed by atoms with Crippen molar-refractivity contribution in [1.29, 1.82) is 0 Å². The zero-order valence-electron chi connectivity index (χ0n) is 17.3. The molecule has 156 valence electrons. The number of carbonyl (C=O) groups is 1. The molecule has 1 fully saturated rings. The molecule has 29 heavy (non-hydrogen) atoms. The maximum atomic E-state index is 12.8. The fraction of sp³-hybridized carbons (Fsp3) is 0.409. The zero-order valence-corrected chi connectivity index (χ0v) is 18.1. The van der Waals surface area contributed by atoms with Crippen LogP contribution in [-0.4, -0.2) is 44.5 Å². The summed E-state index contributed by atoms with van der Waals surface area (Å²) in [5.74, 6) is 3.71. The van der Waals surface area contributed by atoms with Gasteiger partial charge >= 0.3 is 0 Å². The van der Waals surface area contributed by atoms with E-state index in [0.717, 1.165) is 22.6 Å². The van der Waals surface area contributed by atoms with Crippen LogP contribution in [0.4, 0.5) is 0 Å². The summed E-state index contributed by atoms with van der Waals surface area (Å²) in [4.78, 5) is 14.7. The van der Waals surface area contributed by atoms with Crippen molar-refractivity contribution in [1.82, 2.24) is 4.90 Å². The number of ether oxygens (including phenoxy) is 4. The van der Waals surface area contributed by atoms with Gasteiger partial charge in [-0.1, -0.05) is 6.07 Å². The highest BCUT2D eigenvalue weighted by Gasteiger charge is 2.31. The average molecular weight is 418 g/mol. The predicted octanol–water partition coefficient (Wildman–Crippen LogP) is 4.28. The molecule has 1 heterocycles. The molecular formula is C22H27NO5S. The second kappa shape index (κ2) is 9.78. The van der Waals surface area contributed by atoms with Crippen molar-refractivity contribution in [2.45, 2.75) is 25.3 Å². The van der Waals surface area contributed by atoms with Crippen LogP contribution in [0.25, 0.3) is 0 Å². The number of rotatable bonds is 8. The van der Waals surface area contributed by atoms with Crippen LogP contribution in [0.3, 0.4) is 0 Å². The normalized spacial score (nSPS) is 16.5. The lowest BCUT2D eigenvalue weighted by molar-refractivity contribution is -0.132. The van der Waals surface area contributed by atoms with E-state index in [0.29, 0.717) is 36.8 Å². The molecule has 0 spiro atoms. The molecule has 0 aliphatic carbocycles. The minimum atomic E-state index is -0.104. The van der Waals surface area contributed by atoms with E-state index in [9.17, 15) is 4.79 Å². The van der Waals surface area contributed by atoms with Gasteiger partial charge in [0.2, 0.25) is 5.91 Å². The Morgan fingerprint density at radius 2 is 1.79 bits per heavy atom. The molecule has 1 atom stereocenters. The topological polar surface area (TPSA) is 57.2 Å². The minimum absolute atomic E-state index is 0.104. The Bertz CT molecular complexity index is 857. The first-order chi connectivity index (χ1) is 14.1. The van der Waals surface area contributed by atoms with Gasteiger partial charge in [-0.25, -0.2) is 0 Å². The molecule has 1 saturated heterocycles. The van der Waals surface area contributed by atoms with Crippen LogP contribution in [0.2, 0.25) is 0 Å². The van der Waals surface area contributed by atoms with Crippen molar-refractivity contribution in [2.75, 3.05) is 33.7 Å². The first kappa shape index (κ1) is 21.2. The number of hydrogen-bond donors (Lipinski definition) is 0. The van der Waals surface area contributed by atoms with Crippen LogP contribution in [-0.2, 0) is 11.3 Å². The summed E-state index contributed by atoms with van der Waals surface area (Å²) in [6, 6.07) is 11.5. The first-order valence-electron chi connectivity index (χ1n) is 9.54. The zero-order chi connectivity index (χ0) is 20.8. The fourth-order valence-corrected chi connectivity index (χ4v) is 4.58. The summed E-state index contributed by atoms with van der Waals surface area (Å²) in [5.41, 5.74) is 1.95. The van der Waals surface area contributed by atoms with E-state index in [1.54, 1.807) is 33.1 Å². The van der Waals surface area contributed by atoms with Crippen molar-refractivity contribution in [3.8, 4) is 23.0 Å². The third kappa shape index (κ3) is 4.72. The van der Waals surface area contributed by atoms with Gasteiger partial charge in [0.15, 0.2) is 11.5 Å². The van der Waals surface area contributed by atoms with E-state index in [1.165, 1.54) is 0 Å². The summed E-state index contributed by atoms with van der Waals surface area (Å²) in [7, 11) is 4.87. The molecular weight excluding hydrogens is 390 g/mol. The summed E-state index contributed by atoms with van der Waals surface area (Å²) in [6.07, 6.45) is 0.522. The van der Waals surface area contributed by atoms with Crippen LogP contribution in [0, 0.1) is 0 Å². The highest BCUT2D eigenvalue weighted by atomic mass is 32.2. The van der Waals surface area contributed by atoms with Crippen LogP contribution < -0.4 is 18.9 Å². The van der Waals surface area contributed by atoms with Crippen LogP contribution in [0.15, 0.2) is 36.4 Å². The summed E-state index contributed by atoms with van der Waals surface area (Å²) < 4.78 is 21.9.